The average molecular weight is 265 g/mol. The molecule has 0 spiro atoms. The second-order valence-corrected chi connectivity index (χ2v) is 5.03. The van der Waals surface area contributed by atoms with Crippen molar-refractivity contribution in [3.63, 3.8) is 0 Å². The van der Waals surface area contributed by atoms with Crippen LogP contribution < -0.4 is 0 Å². The number of carbonyl (C=O) groups is 1. The van der Waals surface area contributed by atoms with Crippen LogP contribution in [0.25, 0.3) is 10.8 Å². The molecule has 0 aliphatic carbocycles. The highest BCUT2D eigenvalue weighted by atomic mass is 32.1. The Balaban J connectivity index is 2.42. The van der Waals surface area contributed by atoms with Gasteiger partial charge in [0.1, 0.15) is 0 Å². The Morgan fingerprint density at radius 3 is 2.89 bits per heavy atom. The number of rotatable bonds is 4. The molecular weight excluding hydrogens is 250 g/mol. The Morgan fingerprint density at radius 2 is 2.33 bits per heavy atom. The van der Waals surface area contributed by atoms with Crippen LogP contribution >= 0.6 is 11.3 Å². The summed E-state index contributed by atoms with van der Waals surface area (Å²) in [6, 6.07) is 3.83. The fraction of sp³-hybridized carbons (Fsp3) is 0.385. The van der Waals surface area contributed by atoms with Gasteiger partial charge in [0.2, 0.25) is 11.7 Å². The molecule has 2 heterocycles. The number of aromatic nitrogens is 1. The topological polar surface area (TPSA) is 52.3 Å². The zero-order chi connectivity index (χ0) is 13.1. The highest BCUT2D eigenvalue weighted by molar-refractivity contribution is 7.13. The highest BCUT2D eigenvalue weighted by Crippen LogP contribution is 2.29. The number of thiophene rings is 1. The fourth-order valence-corrected chi connectivity index (χ4v) is 2.22. The van der Waals surface area contributed by atoms with E-state index in [2.05, 4.69) is 4.98 Å². The summed E-state index contributed by atoms with van der Waals surface area (Å²) in [5.41, 5.74) is 0.650. The van der Waals surface area contributed by atoms with Gasteiger partial charge >= 0.3 is 5.97 Å². The zero-order valence-corrected chi connectivity index (χ0v) is 11.4. The Hall–Kier alpha value is -1.62. The van der Waals surface area contributed by atoms with Crippen molar-refractivity contribution < 1.29 is 13.9 Å². The monoisotopic (exact) mass is 265 g/mol. The molecule has 0 saturated carbocycles. The summed E-state index contributed by atoms with van der Waals surface area (Å²) in [6.45, 7) is 6.03. The summed E-state index contributed by atoms with van der Waals surface area (Å²) < 4.78 is 10.5. The molecule has 0 aliphatic heterocycles. The first-order valence-corrected chi connectivity index (χ1v) is 6.73. The molecule has 2 aromatic heterocycles. The third kappa shape index (κ3) is 2.46. The fourth-order valence-electron chi connectivity index (χ4n) is 1.57. The lowest BCUT2D eigenvalue weighted by Crippen LogP contribution is -2.07. The molecule has 0 aromatic carbocycles. The maximum atomic E-state index is 11.8. The van der Waals surface area contributed by atoms with E-state index in [9.17, 15) is 4.79 Å². The Bertz CT molecular complexity index is 528. The van der Waals surface area contributed by atoms with Crippen LogP contribution in [0.2, 0.25) is 0 Å². The molecule has 0 unspecified atom stereocenters. The number of carbonyl (C=O) groups excluding carboxylic acids is 1. The second-order valence-electron chi connectivity index (χ2n) is 4.09. The van der Waals surface area contributed by atoms with E-state index in [-0.39, 0.29) is 11.7 Å². The van der Waals surface area contributed by atoms with Gasteiger partial charge in [-0.2, -0.15) is 0 Å². The lowest BCUT2D eigenvalue weighted by Gasteiger charge is -2.02. The van der Waals surface area contributed by atoms with E-state index < -0.39 is 5.97 Å². The van der Waals surface area contributed by atoms with Crippen LogP contribution in [-0.4, -0.2) is 17.6 Å². The van der Waals surface area contributed by atoms with E-state index in [1.807, 2.05) is 31.4 Å². The van der Waals surface area contributed by atoms with Gasteiger partial charge in [-0.15, -0.1) is 11.3 Å². The third-order valence-corrected chi connectivity index (χ3v) is 3.25. The van der Waals surface area contributed by atoms with Gasteiger partial charge in [-0.05, 0) is 24.3 Å². The van der Waals surface area contributed by atoms with E-state index in [0.29, 0.717) is 18.2 Å². The van der Waals surface area contributed by atoms with Crippen molar-refractivity contribution in [3.8, 4) is 10.8 Å². The van der Waals surface area contributed by atoms with Gasteiger partial charge in [0.05, 0.1) is 17.2 Å². The number of oxazole rings is 1. The summed E-state index contributed by atoms with van der Waals surface area (Å²) in [4.78, 5) is 17.1. The van der Waals surface area contributed by atoms with E-state index in [0.717, 1.165) is 4.88 Å². The van der Waals surface area contributed by atoms with Gasteiger partial charge in [0, 0.05) is 0 Å². The zero-order valence-electron chi connectivity index (χ0n) is 10.6. The molecule has 0 saturated heterocycles. The number of esters is 1. The summed E-state index contributed by atoms with van der Waals surface area (Å²) in [5, 5.41) is 1.94. The van der Waals surface area contributed by atoms with Crippen LogP contribution in [0, 0.1) is 0 Å². The molecule has 0 radical (unpaired) electrons. The smallest absolute Gasteiger partial charge is 0.376 e. The molecular formula is C13H15NO3S. The minimum Gasteiger partial charge on any atom is -0.460 e. The largest absolute Gasteiger partial charge is 0.460 e. The van der Waals surface area contributed by atoms with Crippen molar-refractivity contribution >= 4 is 17.3 Å². The first kappa shape index (κ1) is 12.8. The van der Waals surface area contributed by atoms with Gasteiger partial charge in [-0.25, -0.2) is 9.78 Å². The van der Waals surface area contributed by atoms with Crippen molar-refractivity contribution in [1.29, 1.82) is 0 Å². The van der Waals surface area contributed by atoms with E-state index >= 15 is 0 Å². The molecule has 0 bridgehead atoms. The summed E-state index contributed by atoms with van der Waals surface area (Å²) in [7, 11) is 0. The minimum atomic E-state index is -0.448. The average Bonchev–Trinajstić information content (AvgIpc) is 2.98. The van der Waals surface area contributed by atoms with Crippen LogP contribution in [0.3, 0.4) is 0 Å². The van der Waals surface area contributed by atoms with Gasteiger partial charge in [-0.1, -0.05) is 19.9 Å². The summed E-state index contributed by atoms with van der Waals surface area (Å²) >= 11 is 1.53. The quantitative estimate of drug-likeness (QED) is 0.791. The Morgan fingerprint density at radius 1 is 1.56 bits per heavy atom. The van der Waals surface area contributed by atoms with Crippen molar-refractivity contribution in [1.82, 2.24) is 4.98 Å². The lowest BCUT2D eigenvalue weighted by atomic mass is 10.1. The molecule has 0 aliphatic rings. The predicted molar refractivity (Wildman–Crippen MR) is 69.9 cm³/mol. The van der Waals surface area contributed by atoms with Crippen molar-refractivity contribution in [2.45, 2.75) is 26.7 Å². The van der Waals surface area contributed by atoms with Crippen LogP contribution in [0.4, 0.5) is 0 Å². The standard InChI is InChI=1S/C13H15NO3S/c1-4-16-13(15)11-10(8(2)3)14-12(17-11)9-6-5-7-18-9/h5-8H,4H2,1-3H3. The van der Waals surface area contributed by atoms with E-state index in [1.54, 1.807) is 6.92 Å². The third-order valence-electron chi connectivity index (χ3n) is 2.39. The molecule has 18 heavy (non-hydrogen) atoms. The van der Waals surface area contributed by atoms with E-state index in [4.69, 9.17) is 9.15 Å². The molecule has 0 N–H and O–H groups in total. The van der Waals surface area contributed by atoms with Crippen LogP contribution in [0.5, 0.6) is 0 Å². The minimum absolute atomic E-state index is 0.113. The highest BCUT2D eigenvalue weighted by Gasteiger charge is 2.24. The maximum Gasteiger partial charge on any atom is 0.376 e. The normalized spacial score (nSPS) is 10.9. The Kier molecular flexibility index (Phi) is 3.81. The summed E-state index contributed by atoms with van der Waals surface area (Å²) in [5.74, 6) is 0.366. The van der Waals surface area contributed by atoms with Gasteiger partial charge < -0.3 is 9.15 Å². The number of hydrogen-bond acceptors (Lipinski definition) is 5. The molecule has 0 atom stereocenters. The van der Waals surface area contributed by atoms with E-state index in [1.165, 1.54) is 11.3 Å². The number of ether oxygens (including phenoxy) is 1. The SMILES string of the molecule is CCOC(=O)c1oc(-c2cccs2)nc1C(C)C. The molecule has 0 fully saturated rings. The van der Waals surface area contributed by atoms with Gasteiger partial charge in [-0.3, -0.25) is 0 Å². The number of nitrogens with zero attached hydrogens (tertiary/aromatic N) is 1. The number of hydrogen-bond donors (Lipinski definition) is 0. The first-order valence-electron chi connectivity index (χ1n) is 5.85. The van der Waals surface area contributed by atoms with Crippen LogP contribution in [-0.2, 0) is 4.74 Å². The maximum absolute atomic E-state index is 11.8. The van der Waals surface area contributed by atoms with Gasteiger partial charge in [0.15, 0.2) is 0 Å². The van der Waals surface area contributed by atoms with Crippen molar-refractivity contribution in [2.75, 3.05) is 6.61 Å². The lowest BCUT2D eigenvalue weighted by molar-refractivity contribution is 0.0489. The Labute approximate surface area is 110 Å². The van der Waals surface area contributed by atoms with Crippen LogP contribution in [0.15, 0.2) is 21.9 Å². The van der Waals surface area contributed by atoms with Gasteiger partial charge in [0.25, 0.3) is 0 Å². The predicted octanol–water partition coefficient (Wildman–Crippen LogP) is 3.70. The van der Waals surface area contributed by atoms with Crippen molar-refractivity contribution in [2.24, 2.45) is 0 Å². The van der Waals surface area contributed by atoms with Crippen molar-refractivity contribution in [3.05, 3.63) is 29.0 Å². The van der Waals surface area contributed by atoms with Crippen LogP contribution in [0.1, 0.15) is 42.9 Å². The molecule has 96 valence electrons. The first-order chi connectivity index (χ1) is 8.63. The molecule has 2 rings (SSSR count). The molecule has 2 aromatic rings. The molecule has 0 amide bonds. The summed E-state index contributed by atoms with van der Waals surface area (Å²) in [6.07, 6.45) is 0. The second kappa shape index (κ2) is 5.35. The molecule has 5 heteroatoms. The molecule has 4 nitrogen and oxygen atoms in total.